The van der Waals surface area contributed by atoms with Gasteiger partial charge in [-0.05, 0) is 68.1 Å². The SMILES string of the molecule is COC(=O)c1ccc2c(c1)NC(=O)C2=C(Nc1ccc(N(C)C(=O)CN2CCN(C)CC2)cc1)c1ccccc1.Cc1ccc(S(=O)(=O)O)cc1.O. The molecule has 0 saturated carbocycles. The van der Waals surface area contributed by atoms with Crippen molar-refractivity contribution in [3.63, 3.8) is 0 Å². The maximum absolute atomic E-state index is 13.2. The summed E-state index contributed by atoms with van der Waals surface area (Å²) in [6.07, 6.45) is 0. The second kappa shape index (κ2) is 17.2. The van der Waals surface area contributed by atoms with Crippen molar-refractivity contribution in [2.24, 2.45) is 0 Å². The number of benzene rings is 4. The number of carbonyl (C=O) groups excluding carboxylic acids is 3. The molecule has 2 aliphatic heterocycles. The van der Waals surface area contributed by atoms with Gasteiger partial charge in [-0.2, -0.15) is 8.42 Å². The van der Waals surface area contributed by atoms with Crippen molar-refractivity contribution in [1.82, 2.24) is 9.80 Å². The predicted molar refractivity (Wildman–Crippen MR) is 202 cm³/mol. The number of fused-ring (bicyclic) bond motifs is 1. The topological polar surface area (TPSA) is 180 Å². The number of hydrogen-bond acceptors (Lipinski definition) is 9. The van der Waals surface area contributed by atoms with Gasteiger partial charge in [0.25, 0.3) is 16.0 Å². The first-order chi connectivity index (χ1) is 24.3. The second-order valence-corrected chi connectivity index (χ2v) is 13.7. The first-order valence-corrected chi connectivity index (χ1v) is 17.7. The highest BCUT2D eigenvalue weighted by atomic mass is 32.2. The van der Waals surface area contributed by atoms with E-state index in [0.29, 0.717) is 34.6 Å². The lowest BCUT2D eigenvalue weighted by Crippen LogP contribution is -2.48. The Bertz CT molecular complexity index is 2030. The fourth-order valence-corrected chi connectivity index (χ4v) is 6.10. The van der Waals surface area contributed by atoms with Gasteiger partial charge in [-0.3, -0.25) is 19.0 Å². The minimum Gasteiger partial charge on any atom is -0.465 e. The van der Waals surface area contributed by atoms with Crippen LogP contribution >= 0.6 is 0 Å². The maximum Gasteiger partial charge on any atom is 0.337 e. The monoisotopic (exact) mass is 729 g/mol. The largest absolute Gasteiger partial charge is 0.465 e. The molecule has 5 N–H and O–H groups in total. The van der Waals surface area contributed by atoms with E-state index in [1.54, 1.807) is 42.3 Å². The number of anilines is 3. The van der Waals surface area contributed by atoms with Crippen LogP contribution in [0, 0.1) is 6.92 Å². The summed E-state index contributed by atoms with van der Waals surface area (Å²) in [5.41, 5.74) is 6.05. The Balaban J connectivity index is 0.000000433. The van der Waals surface area contributed by atoms with Gasteiger partial charge in [0, 0.05) is 50.2 Å². The van der Waals surface area contributed by atoms with E-state index < -0.39 is 16.1 Å². The summed E-state index contributed by atoms with van der Waals surface area (Å²) in [5, 5.41) is 6.31. The van der Waals surface area contributed by atoms with Crippen molar-refractivity contribution in [2.75, 3.05) is 69.5 Å². The molecular formula is C38H43N5O8S. The zero-order chi connectivity index (χ0) is 36.7. The molecule has 0 spiro atoms. The number of amides is 2. The molecule has 0 unspecified atom stereocenters. The van der Waals surface area contributed by atoms with Gasteiger partial charge >= 0.3 is 5.97 Å². The molecule has 4 aromatic rings. The lowest BCUT2D eigenvalue weighted by Gasteiger charge is -2.32. The summed E-state index contributed by atoms with van der Waals surface area (Å²) in [4.78, 5) is 44.2. The predicted octanol–water partition coefficient (Wildman–Crippen LogP) is 4.03. The van der Waals surface area contributed by atoms with Gasteiger partial charge in [0.2, 0.25) is 5.91 Å². The van der Waals surface area contributed by atoms with E-state index >= 15 is 0 Å². The van der Waals surface area contributed by atoms with Crippen molar-refractivity contribution in [1.29, 1.82) is 0 Å². The van der Waals surface area contributed by atoms with Gasteiger partial charge in [-0.25, -0.2) is 4.79 Å². The number of piperazine rings is 1. The molecule has 2 aliphatic rings. The smallest absolute Gasteiger partial charge is 0.337 e. The van der Waals surface area contributed by atoms with Gasteiger partial charge in [0.15, 0.2) is 0 Å². The summed E-state index contributed by atoms with van der Waals surface area (Å²) < 4.78 is 34.4. The molecular weight excluding hydrogens is 687 g/mol. The van der Waals surface area contributed by atoms with Crippen LogP contribution in [0.1, 0.15) is 27.0 Å². The highest BCUT2D eigenvalue weighted by Crippen LogP contribution is 2.38. The molecule has 2 heterocycles. The first kappa shape index (κ1) is 39.4. The summed E-state index contributed by atoms with van der Waals surface area (Å²) in [6, 6.07) is 28.2. The highest BCUT2D eigenvalue weighted by Gasteiger charge is 2.29. The number of ether oxygens (including phenoxy) is 1. The fraction of sp³-hybridized carbons (Fsp3) is 0.237. The van der Waals surface area contributed by atoms with Crippen LogP contribution in [0.25, 0.3) is 11.3 Å². The first-order valence-electron chi connectivity index (χ1n) is 16.3. The molecule has 0 aliphatic carbocycles. The number of hydrogen-bond donors (Lipinski definition) is 3. The number of carbonyl (C=O) groups is 3. The maximum atomic E-state index is 13.2. The summed E-state index contributed by atoms with van der Waals surface area (Å²) in [5.74, 6) is -0.694. The number of esters is 1. The number of aryl methyl sites for hydroxylation is 1. The van der Waals surface area contributed by atoms with Crippen LogP contribution < -0.4 is 15.5 Å². The molecule has 4 aromatic carbocycles. The third kappa shape index (κ3) is 9.69. The standard InChI is InChI=1S/C31H33N5O4.C7H8O3S.H2O/c1-34-15-17-36(18-16-34)20-27(37)35(2)24-12-10-23(11-13-24)32-29(21-7-5-4-6-8-21)28-25-14-9-22(31(39)40-3)19-26(25)33-30(28)38;1-6-2-4-7(5-3-6)11(8,9)10;/h4-14,19,32H,15-18,20H2,1-3H3,(H,33,38);2-5H,1H3,(H,8,9,10);1H2. The number of rotatable bonds is 8. The van der Waals surface area contributed by atoms with Crippen molar-refractivity contribution in [3.05, 3.63) is 119 Å². The molecule has 0 radical (unpaired) electrons. The van der Waals surface area contributed by atoms with E-state index in [0.717, 1.165) is 48.7 Å². The lowest BCUT2D eigenvalue weighted by atomic mass is 9.99. The fourth-order valence-electron chi connectivity index (χ4n) is 5.62. The molecule has 0 atom stereocenters. The Labute approximate surface area is 303 Å². The summed E-state index contributed by atoms with van der Waals surface area (Å²) >= 11 is 0. The zero-order valence-electron chi connectivity index (χ0n) is 29.4. The average molecular weight is 730 g/mol. The summed E-state index contributed by atoms with van der Waals surface area (Å²) in [6.45, 7) is 5.93. The van der Waals surface area contributed by atoms with E-state index in [1.807, 2.05) is 61.5 Å². The molecule has 14 heteroatoms. The van der Waals surface area contributed by atoms with Crippen LogP contribution in [0.2, 0.25) is 0 Å². The minimum atomic E-state index is -4.02. The number of likely N-dealkylation sites (N-methyl/N-ethyl adjacent to an activating group) is 2. The minimum absolute atomic E-state index is 0. The number of nitrogens with zero attached hydrogens (tertiary/aromatic N) is 3. The molecule has 6 rings (SSSR count). The van der Waals surface area contributed by atoms with Crippen LogP contribution in [0.15, 0.2) is 102 Å². The van der Waals surface area contributed by atoms with Gasteiger partial charge in [-0.15, -0.1) is 0 Å². The summed E-state index contributed by atoms with van der Waals surface area (Å²) in [7, 11) is 1.19. The Morgan fingerprint density at radius 3 is 2.13 bits per heavy atom. The second-order valence-electron chi connectivity index (χ2n) is 12.3. The van der Waals surface area contributed by atoms with Crippen LogP contribution in [-0.2, 0) is 24.4 Å². The van der Waals surface area contributed by atoms with Gasteiger partial charge in [0.1, 0.15) is 0 Å². The van der Waals surface area contributed by atoms with Crippen molar-refractivity contribution >= 4 is 56.2 Å². The van der Waals surface area contributed by atoms with E-state index in [-0.39, 0.29) is 22.2 Å². The molecule has 274 valence electrons. The Kier molecular flexibility index (Phi) is 13.1. The van der Waals surface area contributed by atoms with Crippen LogP contribution in [-0.4, -0.2) is 100.0 Å². The van der Waals surface area contributed by atoms with Crippen LogP contribution in [0.3, 0.4) is 0 Å². The van der Waals surface area contributed by atoms with Gasteiger partial charge < -0.3 is 30.6 Å². The van der Waals surface area contributed by atoms with E-state index in [2.05, 4.69) is 27.5 Å². The molecule has 0 bridgehead atoms. The molecule has 2 amide bonds. The van der Waals surface area contributed by atoms with E-state index in [1.165, 1.54) is 19.2 Å². The van der Waals surface area contributed by atoms with Crippen molar-refractivity contribution < 1.29 is 37.6 Å². The zero-order valence-corrected chi connectivity index (χ0v) is 30.2. The Hall–Kier alpha value is -5.38. The van der Waals surface area contributed by atoms with E-state index in [9.17, 15) is 22.8 Å². The van der Waals surface area contributed by atoms with Gasteiger partial charge in [-0.1, -0.05) is 54.1 Å². The molecule has 1 saturated heterocycles. The number of nitrogens with one attached hydrogen (secondary N) is 2. The quantitative estimate of drug-likeness (QED) is 0.136. The van der Waals surface area contributed by atoms with Crippen LogP contribution in [0.5, 0.6) is 0 Å². The third-order valence-corrected chi connectivity index (χ3v) is 9.54. The third-order valence-electron chi connectivity index (χ3n) is 8.67. The highest BCUT2D eigenvalue weighted by molar-refractivity contribution is 7.85. The normalized spacial score (nSPS) is 15.2. The van der Waals surface area contributed by atoms with Crippen LogP contribution in [0.4, 0.5) is 17.1 Å². The lowest BCUT2D eigenvalue weighted by molar-refractivity contribution is -0.119. The molecule has 1 fully saturated rings. The number of methoxy groups -OCH3 is 1. The van der Waals surface area contributed by atoms with Crippen molar-refractivity contribution in [3.8, 4) is 0 Å². The molecule has 52 heavy (non-hydrogen) atoms. The van der Waals surface area contributed by atoms with Gasteiger partial charge in [0.05, 0.1) is 41.1 Å². The molecule has 0 aromatic heterocycles. The molecule has 13 nitrogen and oxygen atoms in total. The van der Waals surface area contributed by atoms with E-state index in [4.69, 9.17) is 9.29 Å². The average Bonchev–Trinajstić information content (AvgIpc) is 3.46. The Morgan fingerprint density at radius 1 is 0.904 bits per heavy atom. The Morgan fingerprint density at radius 2 is 1.54 bits per heavy atom. The van der Waals surface area contributed by atoms with Crippen molar-refractivity contribution in [2.45, 2.75) is 11.8 Å².